The summed E-state index contributed by atoms with van der Waals surface area (Å²) >= 11 is 0. The van der Waals surface area contributed by atoms with Crippen LogP contribution in [0.15, 0.2) is 36.5 Å². The second-order valence-corrected chi connectivity index (χ2v) is 6.61. The third-order valence-electron chi connectivity index (χ3n) is 4.67. The van der Waals surface area contributed by atoms with Crippen molar-refractivity contribution in [3.8, 4) is 0 Å². The zero-order chi connectivity index (χ0) is 15.4. The summed E-state index contributed by atoms with van der Waals surface area (Å²) in [6.45, 7) is 6.57. The van der Waals surface area contributed by atoms with Gasteiger partial charge in [-0.25, -0.2) is 4.98 Å². The fourth-order valence-electron chi connectivity index (χ4n) is 3.37. The molecule has 2 heterocycles. The smallest absolute Gasteiger partial charge is 0.113 e. The lowest BCUT2D eigenvalue weighted by Crippen LogP contribution is -2.33. The molecule has 1 aromatic carbocycles. The summed E-state index contributed by atoms with van der Waals surface area (Å²) in [4.78, 5) is 4.73. The molecule has 1 N–H and O–H groups in total. The summed E-state index contributed by atoms with van der Waals surface area (Å²) in [5.41, 5.74) is 2.58. The van der Waals surface area contributed by atoms with E-state index in [1.807, 2.05) is 0 Å². The first-order chi connectivity index (χ1) is 10.7. The van der Waals surface area contributed by atoms with Gasteiger partial charge in [-0.2, -0.15) is 0 Å². The standard InChI is InChI=1S/C19H27N3/c1-15(10-11-17-7-4-3-5-8-17)20-13-18-9-6-12-22-14-16(2)21-19(18)22/h3-5,7-8,14-15,18,20H,6,9-13H2,1-2H3/t15-,18-/m1/s1. The number of nitrogens with one attached hydrogen (secondary N) is 1. The van der Waals surface area contributed by atoms with E-state index in [1.165, 1.54) is 30.7 Å². The lowest BCUT2D eigenvalue weighted by atomic mass is 9.98. The number of nitrogens with zero attached hydrogens (tertiary/aromatic N) is 2. The zero-order valence-electron chi connectivity index (χ0n) is 13.8. The van der Waals surface area contributed by atoms with Crippen molar-refractivity contribution in [2.45, 2.75) is 58.0 Å². The Kier molecular flexibility index (Phi) is 4.94. The van der Waals surface area contributed by atoms with Crippen molar-refractivity contribution in [1.82, 2.24) is 14.9 Å². The van der Waals surface area contributed by atoms with Gasteiger partial charge in [0.25, 0.3) is 0 Å². The summed E-state index contributed by atoms with van der Waals surface area (Å²) in [5.74, 6) is 1.85. The van der Waals surface area contributed by atoms with Crippen molar-refractivity contribution in [1.29, 1.82) is 0 Å². The van der Waals surface area contributed by atoms with Crippen LogP contribution in [0.5, 0.6) is 0 Å². The second-order valence-electron chi connectivity index (χ2n) is 6.61. The minimum Gasteiger partial charge on any atom is -0.334 e. The van der Waals surface area contributed by atoms with Gasteiger partial charge in [0.2, 0.25) is 0 Å². The SMILES string of the molecule is Cc1cn2c(n1)[C@@H](CN[C@H](C)CCc1ccccc1)CCC2. The van der Waals surface area contributed by atoms with E-state index < -0.39 is 0 Å². The number of imidazole rings is 1. The highest BCUT2D eigenvalue weighted by Crippen LogP contribution is 2.26. The van der Waals surface area contributed by atoms with Gasteiger partial charge < -0.3 is 9.88 Å². The minimum absolute atomic E-state index is 0.548. The maximum atomic E-state index is 4.73. The minimum atomic E-state index is 0.548. The number of aryl methyl sites for hydroxylation is 3. The maximum absolute atomic E-state index is 4.73. The molecule has 0 spiro atoms. The number of aromatic nitrogens is 2. The van der Waals surface area contributed by atoms with E-state index in [4.69, 9.17) is 4.98 Å². The Balaban J connectivity index is 1.48. The number of hydrogen-bond donors (Lipinski definition) is 1. The van der Waals surface area contributed by atoms with Gasteiger partial charge >= 0.3 is 0 Å². The fraction of sp³-hybridized carbons (Fsp3) is 0.526. The molecule has 0 saturated heterocycles. The van der Waals surface area contributed by atoms with Gasteiger partial charge in [0.05, 0.1) is 5.69 Å². The number of benzene rings is 1. The van der Waals surface area contributed by atoms with Gasteiger partial charge in [0, 0.05) is 31.2 Å². The van der Waals surface area contributed by atoms with Crippen LogP contribution >= 0.6 is 0 Å². The molecule has 3 heteroatoms. The largest absolute Gasteiger partial charge is 0.334 e. The molecule has 1 aromatic heterocycles. The van der Waals surface area contributed by atoms with Crippen molar-refractivity contribution in [3.63, 3.8) is 0 Å². The number of hydrogen-bond acceptors (Lipinski definition) is 2. The lowest BCUT2D eigenvalue weighted by Gasteiger charge is -2.25. The van der Waals surface area contributed by atoms with Gasteiger partial charge in [-0.15, -0.1) is 0 Å². The maximum Gasteiger partial charge on any atom is 0.113 e. The van der Waals surface area contributed by atoms with Crippen molar-refractivity contribution in [3.05, 3.63) is 53.6 Å². The Morgan fingerprint density at radius 2 is 2.14 bits per heavy atom. The highest BCUT2D eigenvalue weighted by molar-refractivity contribution is 5.15. The van der Waals surface area contributed by atoms with E-state index in [9.17, 15) is 0 Å². The summed E-state index contributed by atoms with van der Waals surface area (Å²) in [5, 5.41) is 3.72. The van der Waals surface area contributed by atoms with Gasteiger partial charge in [0.1, 0.15) is 5.82 Å². The zero-order valence-corrected chi connectivity index (χ0v) is 13.8. The summed E-state index contributed by atoms with van der Waals surface area (Å²) < 4.78 is 2.35. The van der Waals surface area contributed by atoms with Gasteiger partial charge in [-0.1, -0.05) is 30.3 Å². The average Bonchev–Trinajstić information content (AvgIpc) is 2.92. The first-order valence-corrected chi connectivity index (χ1v) is 8.53. The fourth-order valence-corrected chi connectivity index (χ4v) is 3.37. The van der Waals surface area contributed by atoms with E-state index in [2.05, 4.69) is 60.3 Å². The molecule has 0 aliphatic carbocycles. The van der Waals surface area contributed by atoms with Gasteiger partial charge in [-0.3, -0.25) is 0 Å². The first-order valence-electron chi connectivity index (χ1n) is 8.53. The van der Waals surface area contributed by atoms with E-state index in [1.54, 1.807) is 0 Å². The van der Waals surface area contributed by atoms with Gasteiger partial charge in [0.15, 0.2) is 0 Å². The van der Waals surface area contributed by atoms with Crippen LogP contribution in [0.2, 0.25) is 0 Å². The molecule has 1 aliphatic rings. The molecule has 0 saturated carbocycles. The molecule has 3 nitrogen and oxygen atoms in total. The second kappa shape index (κ2) is 7.10. The van der Waals surface area contributed by atoms with Crippen LogP contribution in [0.1, 0.15) is 49.2 Å². The van der Waals surface area contributed by atoms with Gasteiger partial charge in [-0.05, 0) is 45.1 Å². The number of fused-ring (bicyclic) bond motifs is 1. The molecule has 2 atom stereocenters. The predicted molar refractivity (Wildman–Crippen MR) is 91.2 cm³/mol. The van der Waals surface area contributed by atoms with Crippen LogP contribution in [0.4, 0.5) is 0 Å². The Labute approximate surface area is 133 Å². The lowest BCUT2D eigenvalue weighted by molar-refractivity contribution is 0.399. The average molecular weight is 297 g/mol. The normalized spacial score (nSPS) is 18.9. The van der Waals surface area contributed by atoms with Crippen molar-refractivity contribution < 1.29 is 0 Å². The Hall–Kier alpha value is -1.61. The molecule has 0 fully saturated rings. The van der Waals surface area contributed by atoms with Crippen LogP contribution in [0, 0.1) is 6.92 Å². The Morgan fingerprint density at radius 1 is 1.32 bits per heavy atom. The van der Waals surface area contributed by atoms with Crippen LogP contribution in [0.3, 0.4) is 0 Å². The molecular formula is C19H27N3. The Morgan fingerprint density at radius 3 is 2.95 bits per heavy atom. The third kappa shape index (κ3) is 3.77. The quantitative estimate of drug-likeness (QED) is 0.881. The first kappa shape index (κ1) is 15.3. The van der Waals surface area contributed by atoms with Crippen LogP contribution in [-0.2, 0) is 13.0 Å². The van der Waals surface area contributed by atoms with Crippen molar-refractivity contribution >= 4 is 0 Å². The van der Waals surface area contributed by atoms with Crippen molar-refractivity contribution in [2.75, 3.05) is 6.54 Å². The summed E-state index contributed by atoms with van der Waals surface area (Å²) in [7, 11) is 0. The Bertz CT molecular complexity index is 588. The van der Waals surface area contributed by atoms with Crippen LogP contribution in [0.25, 0.3) is 0 Å². The molecule has 2 aromatic rings. The monoisotopic (exact) mass is 297 g/mol. The molecule has 0 radical (unpaired) electrons. The molecule has 0 amide bonds. The third-order valence-corrected chi connectivity index (χ3v) is 4.67. The molecular weight excluding hydrogens is 270 g/mol. The van der Waals surface area contributed by atoms with E-state index in [0.717, 1.165) is 25.2 Å². The van der Waals surface area contributed by atoms with Crippen LogP contribution < -0.4 is 5.32 Å². The highest BCUT2D eigenvalue weighted by Gasteiger charge is 2.22. The van der Waals surface area contributed by atoms with E-state index in [-0.39, 0.29) is 0 Å². The highest BCUT2D eigenvalue weighted by atomic mass is 15.1. The number of rotatable bonds is 6. The van der Waals surface area contributed by atoms with Crippen LogP contribution in [-0.4, -0.2) is 22.1 Å². The molecule has 0 bridgehead atoms. The molecule has 3 rings (SSSR count). The topological polar surface area (TPSA) is 29.9 Å². The molecule has 118 valence electrons. The molecule has 1 aliphatic heterocycles. The predicted octanol–water partition coefficient (Wildman–Crippen LogP) is 3.68. The van der Waals surface area contributed by atoms with E-state index >= 15 is 0 Å². The molecule has 22 heavy (non-hydrogen) atoms. The molecule has 0 unspecified atom stereocenters. The summed E-state index contributed by atoms with van der Waals surface area (Å²) in [6.07, 6.45) is 7.06. The van der Waals surface area contributed by atoms with Crippen molar-refractivity contribution in [2.24, 2.45) is 0 Å². The van der Waals surface area contributed by atoms with E-state index in [0.29, 0.717) is 12.0 Å². The summed E-state index contributed by atoms with van der Waals surface area (Å²) in [6, 6.07) is 11.3.